The van der Waals surface area contributed by atoms with Crippen molar-refractivity contribution in [2.45, 2.75) is 31.9 Å². The molecule has 3 nitrogen and oxygen atoms in total. The van der Waals surface area contributed by atoms with Gasteiger partial charge in [0.05, 0.1) is 6.10 Å². The fourth-order valence-corrected chi connectivity index (χ4v) is 2.49. The summed E-state index contributed by atoms with van der Waals surface area (Å²) in [6, 6.07) is 9.32. The molecule has 1 fully saturated rings. The Balaban J connectivity index is 1.98. The topological polar surface area (TPSA) is 24.5 Å². The lowest BCUT2D eigenvalue weighted by Crippen LogP contribution is -2.36. The summed E-state index contributed by atoms with van der Waals surface area (Å²) < 4.78 is 5.41. The molecule has 0 radical (unpaired) electrons. The van der Waals surface area contributed by atoms with E-state index in [1.165, 1.54) is 11.3 Å². The maximum Gasteiger partial charge on any atom is 0.0605 e. The van der Waals surface area contributed by atoms with Crippen LogP contribution in [0.15, 0.2) is 24.3 Å². The third-order valence-corrected chi connectivity index (χ3v) is 3.97. The summed E-state index contributed by atoms with van der Waals surface area (Å²) in [5.74, 6) is 0. The van der Waals surface area contributed by atoms with Crippen LogP contribution in [-0.4, -0.2) is 33.4 Å². The van der Waals surface area contributed by atoms with Gasteiger partial charge < -0.3 is 15.0 Å². The molecule has 0 aromatic heterocycles. The Kier molecular flexibility index (Phi) is 4.61. The quantitative estimate of drug-likeness (QED) is 0.886. The third kappa shape index (κ3) is 3.03. The molecule has 2 rings (SSSR count). The molecule has 1 N–H and O–H groups in total. The largest absolute Gasteiger partial charge is 0.381 e. The Hall–Kier alpha value is -1.06. The summed E-state index contributed by atoms with van der Waals surface area (Å²) in [5.41, 5.74) is 2.67. The first kappa shape index (κ1) is 13.4. The number of hydrogen-bond acceptors (Lipinski definition) is 3. The average molecular weight is 248 g/mol. The Morgan fingerprint density at radius 1 is 1.22 bits per heavy atom. The lowest BCUT2D eigenvalue weighted by Gasteiger charge is -2.33. The highest BCUT2D eigenvalue weighted by Crippen LogP contribution is 2.23. The van der Waals surface area contributed by atoms with Gasteiger partial charge in [-0.25, -0.2) is 0 Å². The zero-order valence-corrected chi connectivity index (χ0v) is 11.6. The third-order valence-electron chi connectivity index (χ3n) is 3.97. The smallest absolute Gasteiger partial charge is 0.0605 e. The van der Waals surface area contributed by atoms with Gasteiger partial charge in [0.1, 0.15) is 0 Å². The van der Waals surface area contributed by atoms with Crippen LogP contribution in [0.25, 0.3) is 0 Å². The van der Waals surface area contributed by atoms with Crippen LogP contribution in [0.4, 0.5) is 5.69 Å². The fraction of sp³-hybridized carbons (Fsp3) is 0.600. The highest BCUT2D eigenvalue weighted by molar-refractivity contribution is 5.48. The molecule has 0 amide bonds. The Labute approximate surface area is 110 Å². The van der Waals surface area contributed by atoms with E-state index in [1.807, 2.05) is 14.2 Å². The SMILES string of the molecule is CNC(C)c1ccc(N2CCC(OC)CC2)cc1. The van der Waals surface area contributed by atoms with Crippen molar-refractivity contribution in [1.82, 2.24) is 5.32 Å². The predicted octanol–water partition coefficient (Wildman–Crippen LogP) is 2.58. The number of methoxy groups -OCH3 is 1. The van der Waals surface area contributed by atoms with Crippen molar-refractivity contribution < 1.29 is 4.74 Å². The van der Waals surface area contributed by atoms with Gasteiger partial charge in [0.25, 0.3) is 0 Å². The number of benzene rings is 1. The van der Waals surface area contributed by atoms with Crippen molar-refractivity contribution in [3.8, 4) is 0 Å². The van der Waals surface area contributed by atoms with Gasteiger partial charge in [-0.3, -0.25) is 0 Å². The van der Waals surface area contributed by atoms with Crippen LogP contribution in [0.5, 0.6) is 0 Å². The van der Waals surface area contributed by atoms with Crippen molar-refractivity contribution in [2.24, 2.45) is 0 Å². The lowest BCUT2D eigenvalue weighted by atomic mass is 10.0. The second-order valence-corrected chi connectivity index (χ2v) is 5.02. The zero-order valence-electron chi connectivity index (χ0n) is 11.6. The van der Waals surface area contributed by atoms with Crippen molar-refractivity contribution in [3.63, 3.8) is 0 Å². The Bertz CT molecular complexity index is 355. The second kappa shape index (κ2) is 6.21. The molecule has 3 heteroatoms. The van der Waals surface area contributed by atoms with E-state index in [0.29, 0.717) is 12.1 Å². The van der Waals surface area contributed by atoms with Gasteiger partial charge in [-0.2, -0.15) is 0 Å². The molecule has 1 aromatic rings. The predicted molar refractivity (Wildman–Crippen MR) is 76.2 cm³/mol. The van der Waals surface area contributed by atoms with Gasteiger partial charge in [-0.05, 0) is 44.5 Å². The summed E-state index contributed by atoms with van der Waals surface area (Å²) in [5, 5.41) is 3.26. The van der Waals surface area contributed by atoms with E-state index in [4.69, 9.17) is 4.74 Å². The minimum Gasteiger partial charge on any atom is -0.381 e. The molecule has 0 saturated carbocycles. The molecular formula is C15H24N2O. The summed E-state index contributed by atoms with van der Waals surface area (Å²) in [6.07, 6.45) is 2.71. The molecule has 1 unspecified atom stereocenters. The van der Waals surface area contributed by atoms with Crippen molar-refractivity contribution in [2.75, 3.05) is 32.1 Å². The van der Waals surface area contributed by atoms with E-state index in [-0.39, 0.29) is 0 Å². The van der Waals surface area contributed by atoms with E-state index < -0.39 is 0 Å². The molecule has 1 heterocycles. The molecule has 1 atom stereocenters. The highest BCUT2D eigenvalue weighted by Gasteiger charge is 2.18. The molecule has 0 bridgehead atoms. The molecule has 1 aromatic carbocycles. The van der Waals surface area contributed by atoms with Gasteiger partial charge in [-0.15, -0.1) is 0 Å². The molecule has 0 spiro atoms. The summed E-state index contributed by atoms with van der Waals surface area (Å²) in [6.45, 7) is 4.37. The van der Waals surface area contributed by atoms with Gasteiger partial charge in [0.2, 0.25) is 0 Å². The average Bonchev–Trinajstić information content (AvgIpc) is 2.47. The van der Waals surface area contributed by atoms with E-state index in [9.17, 15) is 0 Å². The Morgan fingerprint density at radius 2 is 1.83 bits per heavy atom. The van der Waals surface area contributed by atoms with Crippen LogP contribution in [0.1, 0.15) is 31.4 Å². The molecule has 1 aliphatic rings. The molecular weight excluding hydrogens is 224 g/mol. The molecule has 1 aliphatic heterocycles. The summed E-state index contributed by atoms with van der Waals surface area (Å²) in [4.78, 5) is 2.45. The van der Waals surface area contributed by atoms with Crippen molar-refractivity contribution >= 4 is 5.69 Å². The maximum absolute atomic E-state index is 5.41. The van der Waals surface area contributed by atoms with Crippen LogP contribution >= 0.6 is 0 Å². The number of nitrogens with one attached hydrogen (secondary N) is 1. The van der Waals surface area contributed by atoms with Crippen molar-refractivity contribution in [1.29, 1.82) is 0 Å². The first-order chi connectivity index (χ1) is 8.74. The monoisotopic (exact) mass is 248 g/mol. The van der Waals surface area contributed by atoms with E-state index in [0.717, 1.165) is 25.9 Å². The number of nitrogens with zero attached hydrogens (tertiary/aromatic N) is 1. The first-order valence-corrected chi connectivity index (χ1v) is 6.79. The standard InChI is InChI=1S/C15H24N2O/c1-12(16-2)13-4-6-14(7-5-13)17-10-8-15(18-3)9-11-17/h4-7,12,15-16H,8-11H2,1-3H3. The number of hydrogen-bond donors (Lipinski definition) is 1. The highest BCUT2D eigenvalue weighted by atomic mass is 16.5. The number of ether oxygens (including phenoxy) is 1. The Morgan fingerprint density at radius 3 is 2.33 bits per heavy atom. The van der Waals surface area contributed by atoms with E-state index >= 15 is 0 Å². The van der Waals surface area contributed by atoms with E-state index in [2.05, 4.69) is 41.4 Å². The minimum atomic E-state index is 0.415. The lowest BCUT2D eigenvalue weighted by molar-refractivity contribution is 0.0819. The molecule has 1 saturated heterocycles. The number of anilines is 1. The number of piperidine rings is 1. The minimum absolute atomic E-state index is 0.415. The van der Waals surface area contributed by atoms with E-state index in [1.54, 1.807) is 0 Å². The van der Waals surface area contributed by atoms with Gasteiger partial charge in [-0.1, -0.05) is 12.1 Å². The second-order valence-electron chi connectivity index (χ2n) is 5.02. The molecule has 0 aliphatic carbocycles. The van der Waals surface area contributed by atoms with Crippen molar-refractivity contribution in [3.05, 3.63) is 29.8 Å². The maximum atomic E-state index is 5.41. The fourth-order valence-electron chi connectivity index (χ4n) is 2.49. The van der Waals surface area contributed by atoms with Gasteiger partial charge >= 0.3 is 0 Å². The van der Waals surface area contributed by atoms with Gasteiger partial charge in [0, 0.05) is 31.9 Å². The van der Waals surface area contributed by atoms with Gasteiger partial charge in [0.15, 0.2) is 0 Å². The first-order valence-electron chi connectivity index (χ1n) is 6.79. The van der Waals surface area contributed by atoms with Crippen LogP contribution in [0, 0.1) is 0 Å². The number of rotatable bonds is 4. The molecule has 100 valence electrons. The van der Waals surface area contributed by atoms with Crippen LogP contribution < -0.4 is 10.2 Å². The summed E-state index contributed by atoms with van der Waals surface area (Å²) in [7, 11) is 3.81. The van der Waals surface area contributed by atoms with Crippen LogP contribution in [-0.2, 0) is 4.74 Å². The molecule has 18 heavy (non-hydrogen) atoms. The zero-order chi connectivity index (χ0) is 13.0. The normalized spacial score (nSPS) is 18.9. The van der Waals surface area contributed by atoms with Crippen LogP contribution in [0.3, 0.4) is 0 Å². The van der Waals surface area contributed by atoms with Crippen LogP contribution in [0.2, 0.25) is 0 Å². The summed E-state index contributed by atoms with van der Waals surface area (Å²) >= 11 is 0.